The van der Waals surface area contributed by atoms with E-state index in [1.54, 1.807) is 12.1 Å². The number of primary amides is 1. The molecule has 1 heterocycles. The fourth-order valence-electron chi connectivity index (χ4n) is 2.29. The van der Waals surface area contributed by atoms with Crippen LogP contribution in [0.25, 0.3) is 0 Å². The third-order valence-electron chi connectivity index (χ3n) is 3.33. The van der Waals surface area contributed by atoms with Crippen LogP contribution in [0.15, 0.2) is 53.5 Å². The highest BCUT2D eigenvalue weighted by molar-refractivity contribution is 5.94. The summed E-state index contributed by atoms with van der Waals surface area (Å²) in [5, 5.41) is 0. The van der Waals surface area contributed by atoms with Gasteiger partial charge in [-0.15, -0.1) is 0 Å². The fourth-order valence-corrected chi connectivity index (χ4v) is 2.29. The van der Waals surface area contributed by atoms with Crippen LogP contribution >= 0.6 is 0 Å². The largest absolute Gasteiger partial charge is 0.366 e. The smallest absolute Gasteiger partial charge is 0.248 e. The molecular weight excluding hydrogens is 250 g/mol. The lowest BCUT2D eigenvalue weighted by atomic mass is 10.1. The first-order chi connectivity index (χ1) is 9.72. The molecule has 1 aliphatic rings. The number of fused-ring (bicyclic) bond motifs is 1. The van der Waals surface area contributed by atoms with Crippen molar-refractivity contribution >= 4 is 17.9 Å². The molecule has 2 aromatic rings. The minimum absolute atomic E-state index is 0.422. The average molecular weight is 265 g/mol. The minimum Gasteiger partial charge on any atom is -0.366 e. The standard InChI is InChI=1S/C16H15N3O/c17-16(20)13-6-7-14-10-19(11-18-15(14)8-13)9-12-4-2-1-3-5-12/h1-8,11H,9-10H2,(H2,17,20). The molecule has 2 aromatic carbocycles. The molecule has 0 radical (unpaired) electrons. The van der Waals surface area contributed by atoms with Gasteiger partial charge in [-0.3, -0.25) is 4.79 Å². The Morgan fingerprint density at radius 3 is 2.75 bits per heavy atom. The number of nitrogens with zero attached hydrogens (tertiary/aromatic N) is 2. The highest BCUT2D eigenvalue weighted by Crippen LogP contribution is 2.26. The van der Waals surface area contributed by atoms with Gasteiger partial charge in [-0.05, 0) is 23.3 Å². The summed E-state index contributed by atoms with van der Waals surface area (Å²) in [6.45, 7) is 1.61. The molecule has 3 rings (SSSR count). The van der Waals surface area contributed by atoms with Gasteiger partial charge in [0.05, 0.1) is 12.0 Å². The first-order valence-electron chi connectivity index (χ1n) is 6.47. The molecule has 20 heavy (non-hydrogen) atoms. The third kappa shape index (κ3) is 2.54. The van der Waals surface area contributed by atoms with Crippen LogP contribution in [0.3, 0.4) is 0 Å². The Morgan fingerprint density at radius 1 is 1.20 bits per heavy atom. The van der Waals surface area contributed by atoms with E-state index < -0.39 is 5.91 Å². The highest BCUT2D eigenvalue weighted by atomic mass is 16.1. The van der Waals surface area contributed by atoms with Gasteiger partial charge < -0.3 is 10.6 Å². The molecule has 0 bridgehead atoms. The monoisotopic (exact) mass is 265 g/mol. The number of carbonyl (C=O) groups is 1. The van der Waals surface area contributed by atoms with Gasteiger partial charge in [0.2, 0.25) is 5.91 Å². The zero-order valence-electron chi connectivity index (χ0n) is 11.0. The lowest BCUT2D eigenvalue weighted by molar-refractivity contribution is 0.100. The van der Waals surface area contributed by atoms with Crippen LogP contribution in [0.4, 0.5) is 5.69 Å². The normalized spacial score (nSPS) is 13.1. The van der Waals surface area contributed by atoms with E-state index in [1.807, 2.05) is 30.6 Å². The minimum atomic E-state index is -0.422. The van der Waals surface area contributed by atoms with E-state index in [2.05, 4.69) is 22.0 Å². The van der Waals surface area contributed by atoms with Crippen molar-refractivity contribution in [2.45, 2.75) is 13.1 Å². The van der Waals surface area contributed by atoms with E-state index >= 15 is 0 Å². The average Bonchev–Trinajstić information content (AvgIpc) is 2.47. The quantitative estimate of drug-likeness (QED) is 0.926. The molecular formula is C16H15N3O. The Balaban J connectivity index is 1.79. The van der Waals surface area contributed by atoms with Crippen molar-refractivity contribution in [3.05, 3.63) is 65.2 Å². The molecule has 0 atom stereocenters. The summed E-state index contributed by atoms with van der Waals surface area (Å²) in [5.41, 5.74) is 8.95. The van der Waals surface area contributed by atoms with Crippen molar-refractivity contribution in [1.29, 1.82) is 0 Å². The molecule has 2 N–H and O–H groups in total. The number of hydrogen-bond acceptors (Lipinski definition) is 3. The molecule has 0 saturated heterocycles. The second-order valence-corrected chi connectivity index (χ2v) is 4.84. The lowest BCUT2D eigenvalue weighted by Crippen LogP contribution is -2.23. The van der Waals surface area contributed by atoms with Crippen LogP contribution in [0.5, 0.6) is 0 Å². The van der Waals surface area contributed by atoms with E-state index in [-0.39, 0.29) is 0 Å². The van der Waals surface area contributed by atoms with Crippen molar-refractivity contribution in [3.63, 3.8) is 0 Å². The van der Waals surface area contributed by atoms with Gasteiger partial charge in [0, 0.05) is 18.7 Å². The molecule has 4 nitrogen and oxygen atoms in total. The Kier molecular flexibility index (Phi) is 3.21. The molecule has 0 fully saturated rings. The van der Waals surface area contributed by atoms with Crippen LogP contribution in [0, 0.1) is 0 Å². The van der Waals surface area contributed by atoms with E-state index in [4.69, 9.17) is 5.73 Å². The molecule has 0 aliphatic carbocycles. The second-order valence-electron chi connectivity index (χ2n) is 4.84. The number of hydrogen-bond donors (Lipinski definition) is 1. The number of carbonyl (C=O) groups excluding carboxylic acids is 1. The Labute approximate surface area is 117 Å². The number of nitrogens with two attached hydrogens (primary N) is 1. The van der Waals surface area contributed by atoms with Gasteiger partial charge in [-0.1, -0.05) is 36.4 Å². The molecule has 1 amide bonds. The fraction of sp³-hybridized carbons (Fsp3) is 0.125. The molecule has 0 spiro atoms. The third-order valence-corrected chi connectivity index (χ3v) is 3.33. The predicted octanol–water partition coefficient (Wildman–Crippen LogP) is 2.46. The van der Waals surface area contributed by atoms with E-state index in [9.17, 15) is 4.79 Å². The van der Waals surface area contributed by atoms with Crippen molar-refractivity contribution in [1.82, 2.24) is 4.90 Å². The maximum absolute atomic E-state index is 11.2. The van der Waals surface area contributed by atoms with E-state index in [0.717, 1.165) is 24.3 Å². The summed E-state index contributed by atoms with van der Waals surface area (Å²) in [6, 6.07) is 15.7. The number of aliphatic imine (C=N–C) groups is 1. The molecule has 0 aromatic heterocycles. The van der Waals surface area contributed by atoms with Crippen molar-refractivity contribution in [3.8, 4) is 0 Å². The SMILES string of the molecule is NC(=O)c1ccc2c(c1)N=CN(Cc1ccccc1)C2. The maximum atomic E-state index is 11.2. The van der Waals surface area contributed by atoms with E-state index in [0.29, 0.717) is 5.56 Å². The highest BCUT2D eigenvalue weighted by Gasteiger charge is 2.13. The van der Waals surface area contributed by atoms with Crippen LogP contribution in [0.1, 0.15) is 21.5 Å². The van der Waals surface area contributed by atoms with Gasteiger partial charge in [0.15, 0.2) is 0 Å². The van der Waals surface area contributed by atoms with Gasteiger partial charge >= 0.3 is 0 Å². The summed E-state index contributed by atoms with van der Waals surface area (Å²) in [5.74, 6) is -0.422. The zero-order chi connectivity index (χ0) is 13.9. The maximum Gasteiger partial charge on any atom is 0.248 e. The Hall–Kier alpha value is -2.62. The van der Waals surface area contributed by atoms with Crippen molar-refractivity contribution < 1.29 is 4.79 Å². The van der Waals surface area contributed by atoms with Gasteiger partial charge in [-0.2, -0.15) is 0 Å². The van der Waals surface area contributed by atoms with Crippen LogP contribution in [-0.2, 0) is 13.1 Å². The lowest BCUT2D eigenvalue weighted by Gasteiger charge is -2.24. The van der Waals surface area contributed by atoms with Crippen LogP contribution < -0.4 is 5.73 Å². The first-order valence-corrected chi connectivity index (χ1v) is 6.47. The van der Waals surface area contributed by atoms with E-state index in [1.165, 1.54) is 5.56 Å². The van der Waals surface area contributed by atoms with Gasteiger partial charge in [0.1, 0.15) is 0 Å². The second kappa shape index (κ2) is 5.17. The number of benzene rings is 2. The predicted molar refractivity (Wildman–Crippen MR) is 78.8 cm³/mol. The van der Waals surface area contributed by atoms with Crippen LogP contribution in [0.2, 0.25) is 0 Å². The summed E-state index contributed by atoms with van der Waals surface area (Å²) < 4.78 is 0. The Morgan fingerprint density at radius 2 is 2.00 bits per heavy atom. The summed E-state index contributed by atoms with van der Waals surface area (Å²) in [4.78, 5) is 17.7. The molecule has 4 heteroatoms. The summed E-state index contributed by atoms with van der Waals surface area (Å²) >= 11 is 0. The Bertz CT molecular complexity index is 665. The van der Waals surface area contributed by atoms with Crippen molar-refractivity contribution in [2.75, 3.05) is 0 Å². The van der Waals surface area contributed by atoms with Crippen molar-refractivity contribution in [2.24, 2.45) is 10.7 Å². The topological polar surface area (TPSA) is 58.7 Å². The van der Waals surface area contributed by atoms with Gasteiger partial charge in [0.25, 0.3) is 0 Å². The summed E-state index contributed by atoms with van der Waals surface area (Å²) in [6.07, 6.45) is 1.82. The van der Waals surface area contributed by atoms with Gasteiger partial charge in [-0.25, -0.2) is 4.99 Å². The molecule has 0 unspecified atom stereocenters. The summed E-state index contributed by atoms with van der Waals surface area (Å²) in [7, 11) is 0. The molecule has 1 aliphatic heterocycles. The first kappa shape index (κ1) is 12.4. The number of rotatable bonds is 3. The zero-order valence-corrected chi connectivity index (χ0v) is 11.0. The molecule has 100 valence electrons. The van der Waals surface area contributed by atoms with Crippen LogP contribution in [-0.4, -0.2) is 17.1 Å². The molecule has 0 saturated carbocycles. The number of amides is 1.